The summed E-state index contributed by atoms with van der Waals surface area (Å²) in [5.41, 5.74) is 27.0. The van der Waals surface area contributed by atoms with Gasteiger partial charge in [-0.2, -0.15) is 0 Å². The first-order valence-electron chi connectivity index (χ1n) is 17.4. The van der Waals surface area contributed by atoms with Crippen molar-refractivity contribution in [3.63, 3.8) is 0 Å². The third kappa shape index (κ3) is 19.4. The lowest BCUT2D eigenvalue weighted by molar-refractivity contribution is -0.143. The van der Waals surface area contributed by atoms with Gasteiger partial charge < -0.3 is 65.5 Å². The molecule has 0 aliphatic carbocycles. The van der Waals surface area contributed by atoms with E-state index in [-0.39, 0.29) is 63.4 Å². The van der Waals surface area contributed by atoms with Gasteiger partial charge in [-0.05, 0) is 50.9 Å². The van der Waals surface area contributed by atoms with Gasteiger partial charge in [0.1, 0.15) is 36.3 Å². The summed E-state index contributed by atoms with van der Waals surface area (Å²) in [5.74, 6) is -8.25. The fourth-order valence-corrected chi connectivity index (χ4v) is 4.82. The van der Waals surface area contributed by atoms with Gasteiger partial charge in [-0.15, -0.1) is 0 Å². The van der Waals surface area contributed by atoms with Crippen LogP contribution in [0.5, 0.6) is 0 Å². The maximum absolute atomic E-state index is 13.8. The quantitative estimate of drug-likeness (QED) is 0.0227. The molecule has 0 aliphatic heterocycles. The van der Waals surface area contributed by atoms with Crippen molar-refractivity contribution in [3.05, 3.63) is 0 Å². The molecule has 0 heterocycles. The molecule has 7 amide bonds. The molecule has 0 rings (SSSR count). The molecule has 0 aliphatic rings. The third-order valence-corrected chi connectivity index (χ3v) is 8.14. The molecule has 0 aromatic carbocycles. The number of primary amides is 2. The minimum atomic E-state index is -1.51. The predicted molar refractivity (Wildman–Crippen MR) is 193 cm³/mol. The molecule has 17 N–H and O–H groups in total. The molecule has 0 aromatic rings. The van der Waals surface area contributed by atoms with E-state index >= 15 is 0 Å². The summed E-state index contributed by atoms with van der Waals surface area (Å²) in [6.07, 6.45) is -2.05. The number of nitrogens with zero attached hydrogens (tertiary/aromatic N) is 1. The van der Waals surface area contributed by atoms with E-state index in [1.54, 1.807) is 27.7 Å². The average Bonchev–Trinajstić information content (AvgIpc) is 3.06. The number of aliphatic carboxylic acids is 1. The number of amides is 7. The van der Waals surface area contributed by atoms with Gasteiger partial charge in [0, 0.05) is 19.4 Å². The molecule has 21 heteroatoms. The van der Waals surface area contributed by atoms with E-state index in [1.165, 1.54) is 6.92 Å². The molecule has 0 unspecified atom stereocenters. The van der Waals surface area contributed by atoms with Crippen LogP contribution < -0.4 is 55.3 Å². The van der Waals surface area contributed by atoms with Crippen molar-refractivity contribution >= 4 is 53.3 Å². The molecule has 0 aromatic heterocycles. The second-order valence-corrected chi connectivity index (χ2v) is 13.3. The highest BCUT2D eigenvalue weighted by molar-refractivity contribution is 5.96. The van der Waals surface area contributed by atoms with Crippen molar-refractivity contribution in [3.8, 4) is 0 Å². The maximum atomic E-state index is 13.8. The molecule has 8 atom stereocenters. The first-order valence-corrected chi connectivity index (χ1v) is 17.4. The van der Waals surface area contributed by atoms with Crippen LogP contribution in [0.3, 0.4) is 0 Å². The number of carbonyl (C=O) groups is 8. The summed E-state index contributed by atoms with van der Waals surface area (Å²) in [4.78, 5) is 106. The number of hydrogen-bond donors (Lipinski definition) is 12. The first-order chi connectivity index (χ1) is 24.6. The third-order valence-electron chi connectivity index (χ3n) is 8.14. The van der Waals surface area contributed by atoms with Gasteiger partial charge in [0.05, 0.1) is 6.10 Å². The highest BCUT2D eigenvalue weighted by Gasteiger charge is 2.35. The SMILES string of the molecule is CC[C@H](C)[C@H](NC(=O)[C@H](CCCN=C(N)N)NC(=O)[C@@H](N)[C@@H](C)O)C(=O)N[C@@H](CCC(N)=O)C(=O)N[C@@H](CCC(N)=O)C(=O)N[C@@H](CC(C)C)C(=O)O. The van der Waals surface area contributed by atoms with Crippen molar-refractivity contribution in [2.75, 3.05) is 6.54 Å². The Labute approximate surface area is 308 Å². The summed E-state index contributed by atoms with van der Waals surface area (Å²) in [6.45, 7) is 8.25. The van der Waals surface area contributed by atoms with Crippen LogP contribution in [0.15, 0.2) is 4.99 Å². The summed E-state index contributed by atoms with van der Waals surface area (Å²) >= 11 is 0. The summed E-state index contributed by atoms with van der Waals surface area (Å²) < 4.78 is 0. The fraction of sp³-hybridized carbons (Fsp3) is 0.719. The van der Waals surface area contributed by atoms with Crippen LogP contribution in [-0.4, -0.2) is 112 Å². The minimum absolute atomic E-state index is 0.00592. The van der Waals surface area contributed by atoms with E-state index in [2.05, 4.69) is 31.6 Å². The molecule has 0 fully saturated rings. The zero-order valence-corrected chi connectivity index (χ0v) is 31.1. The molecule has 0 radical (unpaired) electrons. The number of guanidine groups is 1. The Hall–Kier alpha value is -5.05. The Morgan fingerprint density at radius 2 is 1.08 bits per heavy atom. The lowest BCUT2D eigenvalue weighted by Crippen LogP contribution is -2.60. The normalized spacial score (nSPS) is 15.5. The lowest BCUT2D eigenvalue weighted by atomic mass is 9.96. The monoisotopic (exact) mass is 757 g/mol. The average molecular weight is 758 g/mol. The van der Waals surface area contributed by atoms with Crippen LogP contribution >= 0.6 is 0 Å². The fourth-order valence-electron chi connectivity index (χ4n) is 4.82. The van der Waals surface area contributed by atoms with E-state index in [0.29, 0.717) is 6.42 Å². The Kier molecular flexibility index (Phi) is 21.9. The van der Waals surface area contributed by atoms with Crippen LogP contribution in [0.2, 0.25) is 0 Å². The van der Waals surface area contributed by atoms with Gasteiger partial charge in [0.15, 0.2) is 5.96 Å². The number of carboxylic acids is 1. The number of nitrogens with two attached hydrogens (primary N) is 5. The molecule has 0 spiro atoms. The highest BCUT2D eigenvalue weighted by atomic mass is 16.4. The molecular weight excluding hydrogens is 698 g/mol. The van der Waals surface area contributed by atoms with E-state index in [1.807, 2.05) is 0 Å². The number of rotatable bonds is 26. The van der Waals surface area contributed by atoms with E-state index in [9.17, 15) is 48.6 Å². The topological polar surface area (TPSA) is 380 Å². The number of aliphatic imine (C=N–C) groups is 1. The number of aliphatic hydroxyl groups is 1. The van der Waals surface area contributed by atoms with Crippen LogP contribution in [0.4, 0.5) is 0 Å². The molecule has 0 bridgehead atoms. The highest BCUT2D eigenvalue weighted by Crippen LogP contribution is 2.12. The summed E-state index contributed by atoms with van der Waals surface area (Å²) in [7, 11) is 0. The zero-order valence-electron chi connectivity index (χ0n) is 31.1. The van der Waals surface area contributed by atoms with E-state index in [0.717, 1.165) is 0 Å². The van der Waals surface area contributed by atoms with Crippen LogP contribution in [0, 0.1) is 11.8 Å². The van der Waals surface area contributed by atoms with Crippen LogP contribution in [0.25, 0.3) is 0 Å². The Morgan fingerprint density at radius 1 is 0.642 bits per heavy atom. The van der Waals surface area contributed by atoms with Crippen LogP contribution in [-0.2, 0) is 38.4 Å². The van der Waals surface area contributed by atoms with E-state index in [4.69, 9.17) is 28.7 Å². The van der Waals surface area contributed by atoms with E-state index < -0.39 is 95.6 Å². The zero-order chi connectivity index (χ0) is 41.0. The minimum Gasteiger partial charge on any atom is -0.480 e. The second-order valence-electron chi connectivity index (χ2n) is 13.3. The Balaban J connectivity index is 6.39. The second kappa shape index (κ2) is 24.2. The van der Waals surface area contributed by atoms with Crippen molar-refractivity contribution in [2.45, 2.75) is 128 Å². The standard InChI is InChI=1S/C32H59N11O10/c1-6-16(4)25(43-28(49)18(8-7-13-38-32(36)37)40-29(50)24(35)17(5)44)30(51)41-20(10-12-23(34)46)26(47)39-19(9-11-22(33)45)27(48)42-21(31(52)53)14-15(2)3/h15-21,24-25,44H,6-14,35H2,1-5H3,(H2,33,45)(H2,34,46)(H,39,47)(H,40,50)(H,41,51)(H,42,48)(H,43,49)(H,52,53)(H4,36,37,38)/t16-,17+,18-,19-,20-,21-,24-,25-/m0/s1. The number of aliphatic hydroxyl groups excluding tert-OH is 1. The molecule has 0 saturated heterocycles. The number of carboxylic acid groups (broad SMARTS) is 1. The lowest BCUT2D eigenvalue weighted by Gasteiger charge is -2.29. The summed E-state index contributed by atoms with van der Waals surface area (Å²) in [5, 5.41) is 31.6. The Morgan fingerprint density at radius 3 is 1.49 bits per heavy atom. The van der Waals surface area contributed by atoms with Gasteiger partial charge in [0.25, 0.3) is 0 Å². The van der Waals surface area contributed by atoms with Gasteiger partial charge in [-0.3, -0.25) is 38.6 Å². The van der Waals surface area contributed by atoms with Gasteiger partial charge in [0.2, 0.25) is 41.4 Å². The van der Waals surface area contributed by atoms with Crippen molar-refractivity contribution < 1.29 is 48.6 Å². The number of nitrogens with one attached hydrogen (secondary N) is 5. The van der Waals surface area contributed by atoms with Gasteiger partial charge in [-0.25, -0.2) is 4.79 Å². The van der Waals surface area contributed by atoms with Crippen molar-refractivity contribution in [1.29, 1.82) is 0 Å². The first kappa shape index (κ1) is 47.9. The van der Waals surface area contributed by atoms with Crippen LogP contribution in [0.1, 0.15) is 86.0 Å². The predicted octanol–water partition coefficient (Wildman–Crippen LogP) is -4.12. The van der Waals surface area contributed by atoms with Gasteiger partial charge in [-0.1, -0.05) is 34.1 Å². The molecular formula is C32H59N11O10. The molecule has 21 nitrogen and oxygen atoms in total. The van der Waals surface area contributed by atoms with Gasteiger partial charge >= 0.3 is 5.97 Å². The Bertz CT molecular complexity index is 1310. The largest absolute Gasteiger partial charge is 0.480 e. The van der Waals surface area contributed by atoms with Crippen molar-refractivity contribution in [2.24, 2.45) is 45.5 Å². The summed E-state index contributed by atoms with van der Waals surface area (Å²) in [6, 6.07) is -8.24. The molecule has 0 saturated carbocycles. The van der Waals surface area contributed by atoms with Crippen molar-refractivity contribution in [1.82, 2.24) is 26.6 Å². The molecule has 302 valence electrons. The smallest absolute Gasteiger partial charge is 0.326 e. The number of carbonyl (C=O) groups excluding carboxylic acids is 7. The maximum Gasteiger partial charge on any atom is 0.326 e. The number of hydrogen-bond acceptors (Lipinski definition) is 11. The molecule has 53 heavy (non-hydrogen) atoms.